The fourth-order valence-electron chi connectivity index (χ4n) is 3.35. The van der Waals surface area contributed by atoms with E-state index in [1.165, 1.54) is 84.0 Å². The van der Waals surface area contributed by atoms with E-state index >= 15 is 0 Å². The molecule has 148 valence electrons. The molecule has 0 radical (unpaired) electrons. The minimum atomic E-state index is -0.965. The summed E-state index contributed by atoms with van der Waals surface area (Å²) in [6.07, 6.45) is 18.6. The van der Waals surface area contributed by atoms with Crippen molar-refractivity contribution in [3.8, 4) is 0 Å². The highest BCUT2D eigenvalue weighted by atomic mass is 16.4. The molecular weight excluding hydrogens is 312 g/mol. The predicted octanol–water partition coefficient (Wildman–Crippen LogP) is 6.78. The molecule has 0 aromatic carbocycles. The molecule has 0 aromatic heterocycles. The number of hydrogen-bond donors (Lipinski definition) is 1. The predicted molar refractivity (Wildman–Crippen MR) is 106 cm³/mol. The van der Waals surface area contributed by atoms with Crippen LogP contribution in [0.1, 0.15) is 117 Å². The Morgan fingerprint density at radius 3 is 1.24 bits per heavy atom. The molecule has 3 nitrogen and oxygen atoms in total. The third kappa shape index (κ3) is 16.4. The van der Waals surface area contributed by atoms with Crippen molar-refractivity contribution in [1.29, 1.82) is 0 Å². The second-order valence-corrected chi connectivity index (χ2v) is 8.07. The summed E-state index contributed by atoms with van der Waals surface area (Å²) in [6, 6.07) is 0. The Kier molecular flexibility index (Phi) is 16.0. The van der Waals surface area contributed by atoms with E-state index in [1.807, 2.05) is 0 Å². The molecule has 0 spiro atoms. The Labute approximate surface area is 156 Å². The topological polar surface area (TPSA) is 54.4 Å². The van der Waals surface area contributed by atoms with Crippen molar-refractivity contribution in [2.45, 2.75) is 117 Å². The summed E-state index contributed by atoms with van der Waals surface area (Å²) in [5.74, 6) is -1.11. The third-order valence-corrected chi connectivity index (χ3v) is 5.06. The second kappa shape index (κ2) is 16.6. The molecule has 0 aliphatic heterocycles. The van der Waals surface area contributed by atoms with Gasteiger partial charge in [-0.25, -0.2) is 0 Å². The Morgan fingerprint density at radius 2 is 0.960 bits per heavy atom. The molecule has 0 rings (SSSR count). The van der Waals surface area contributed by atoms with Crippen LogP contribution in [0.25, 0.3) is 0 Å². The molecule has 0 aliphatic carbocycles. The van der Waals surface area contributed by atoms with Gasteiger partial charge in [0.1, 0.15) is 11.7 Å². The van der Waals surface area contributed by atoms with E-state index in [0.717, 1.165) is 18.8 Å². The molecule has 0 heterocycles. The fraction of sp³-hybridized carbons (Fsp3) is 0.909. The molecule has 0 saturated carbocycles. The van der Waals surface area contributed by atoms with Crippen LogP contribution in [0.4, 0.5) is 0 Å². The Hall–Kier alpha value is -0.860. The largest absolute Gasteiger partial charge is 0.481 e. The zero-order valence-electron chi connectivity index (χ0n) is 17.0. The van der Waals surface area contributed by atoms with Crippen LogP contribution in [0.3, 0.4) is 0 Å². The number of hydrogen-bond acceptors (Lipinski definition) is 2. The van der Waals surface area contributed by atoms with Crippen LogP contribution < -0.4 is 0 Å². The van der Waals surface area contributed by atoms with Crippen LogP contribution in [0, 0.1) is 11.8 Å². The number of carboxylic acid groups (broad SMARTS) is 1. The van der Waals surface area contributed by atoms with Crippen molar-refractivity contribution in [2.24, 2.45) is 11.8 Å². The van der Waals surface area contributed by atoms with Crippen molar-refractivity contribution in [2.75, 3.05) is 0 Å². The van der Waals surface area contributed by atoms with E-state index in [1.54, 1.807) is 0 Å². The molecule has 1 unspecified atom stereocenters. The summed E-state index contributed by atoms with van der Waals surface area (Å²) in [5.41, 5.74) is 0. The normalized spacial score (nSPS) is 12.5. The number of carbonyl (C=O) groups excluding carboxylic acids is 1. The van der Waals surface area contributed by atoms with Crippen LogP contribution in [-0.4, -0.2) is 16.9 Å². The smallest absolute Gasteiger partial charge is 0.314 e. The molecule has 0 saturated heterocycles. The van der Waals surface area contributed by atoms with Gasteiger partial charge in [0.15, 0.2) is 0 Å². The third-order valence-electron chi connectivity index (χ3n) is 5.06. The number of aliphatic carboxylic acids is 1. The van der Waals surface area contributed by atoms with Gasteiger partial charge in [-0.15, -0.1) is 0 Å². The molecule has 0 amide bonds. The van der Waals surface area contributed by atoms with Crippen molar-refractivity contribution in [3.05, 3.63) is 0 Å². The number of rotatable bonds is 18. The highest BCUT2D eigenvalue weighted by molar-refractivity contribution is 5.96. The van der Waals surface area contributed by atoms with Crippen molar-refractivity contribution < 1.29 is 14.7 Å². The first kappa shape index (κ1) is 24.1. The minimum Gasteiger partial charge on any atom is -0.481 e. The molecule has 3 heteroatoms. The van der Waals surface area contributed by atoms with Gasteiger partial charge in [0, 0.05) is 0 Å². The second-order valence-electron chi connectivity index (χ2n) is 8.07. The Balaban J connectivity index is 3.24. The first-order valence-electron chi connectivity index (χ1n) is 10.7. The van der Waals surface area contributed by atoms with E-state index in [9.17, 15) is 9.59 Å². The van der Waals surface area contributed by atoms with Gasteiger partial charge in [0.2, 0.25) is 0 Å². The van der Waals surface area contributed by atoms with E-state index in [4.69, 9.17) is 5.11 Å². The summed E-state index contributed by atoms with van der Waals surface area (Å²) in [5, 5.41) is 8.95. The van der Waals surface area contributed by atoms with Gasteiger partial charge in [-0.3, -0.25) is 9.59 Å². The zero-order valence-corrected chi connectivity index (χ0v) is 17.0. The van der Waals surface area contributed by atoms with Crippen LogP contribution >= 0.6 is 0 Å². The van der Waals surface area contributed by atoms with Crippen LogP contribution in [0.15, 0.2) is 0 Å². The summed E-state index contributed by atoms with van der Waals surface area (Å²) in [6.45, 7) is 5.99. The number of carbonyl (C=O) groups is 2. The van der Waals surface area contributed by atoms with Crippen LogP contribution in [-0.2, 0) is 9.59 Å². The summed E-state index contributed by atoms with van der Waals surface area (Å²) in [7, 11) is 0. The maximum absolute atomic E-state index is 11.2. The lowest BCUT2D eigenvalue weighted by Crippen LogP contribution is -2.21. The van der Waals surface area contributed by atoms with E-state index in [2.05, 4.69) is 13.8 Å². The monoisotopic (exact) mass is 354 g/mol. The maximum Gasteiger partial charge on any atom is 0.314 e. The maximum atomic E-state index is 11.2. The number of unbranched alkanes of at least 4 members (excludes halogenated alkanes) is 12. The Bertz CT molecular complexity index is 322. The molecule has 0 bridgehead atoms. The quantitative estimate of drug-likeness (QED) is 0.218. The number of carboxylic acids is 1. The molecule has 0 aliphatic rings. The van der Waals surface area contributed by atoms with Gasteiger partial charge in [-0.2, -0.15) is 0 Å². The summed E-state index contributed by atoms with van der Waals surface area (Å²) >= 11 is 0. The highest BCUT2D eigenvalue weighted by Gasteiger charge is 2.21. The number of Topliss-reactive ketones (excluding diaryl/α,β-unsaturated/α-hetero) is 1. The number of ketones is 1. The lowest BCUT2D eigenvalue weighted by atomic mass is 9.97. The SMILES string of the molecule is CC(=O)C(CCCCCCCCCCCCCCCC(C)C)C(=O)O. The lowest BCUT2D eigenvalue weighted by Gasteiger charge is -2.08. The standard InChI is InChI=1S/C22H42O3/c1-19(2)17-15-13-11-9-7-5-4-6-8-10-12-14-16-18-21(20(3)23)22(24)25/h19,21H,4-18H2,1-3H3,(H,24,25). The molecule has 1 atom stereocenters. The van der Waals surface area contributed by atoms with Gasteiger partial charge in [-0.05, 0) is 19.3 Å². The van der Waals surface area contributed by atoms with Crippen LogP contribution in [0.5, 0.6) is 0 Å². The summed E-state index contributed by atoms with van der Waals surface area (Å²) < 4.78 is 0. The highest BCUT2D eigenvalue weighted by Crippen LogP contribution is 2.16. The van der Waals surface area contributed by atoms with Gasteiger partial charge in [0.25, 0.3) is 0 Å². The fourth-order valence-corrected chi connectivity index (χ4v) is 3.35. The molecule has 25 heavy (non-hydrogen) atoms. The van der Waals surface area contributed by atoms with Crippen molar-refractivity contribution in [1.82, 2.24) is 0 Å². The minimum absolute atomic E-state index is 0.215. The van der Waals surface area contributed by atoms with Crippen molar-refractivity contribution >= 4 is 11.8 Å². The van der Waals surface area contributed by atoms with Crippen LogP contribution in [0.2, 0.25) is 0 Å². The molecule has 0 aromatic rings. The van der Waals surface area contributed by atoms with E-state index < -0.39 is 11.9 Å². The summed E-state index contributed by atoms with van der Waals surface area (Å²) in [4.78, 5) is 22.1. The van der Waals surface area contributed by atoms with Gasteiger partial charge >= 0.3 is 5.97 Å². The van der Waals surface area contributed by atoms with Gasteiger partial charge in [0.05, 0.1) is 0 Å². The van der Waals surface area contributed by atoms with Crippen molar-refractivity contribution in [3.63, 3.8) is 0 Å². The first-order chi connectivity index (χ1) is 11.9. The average molecular weight is 355 g/mol. The molecular formula is C22H42O3. The first-order valence-corrected chi connectivity index (χ1v) is 10.7. The van der Waals surface area contributed by atoms with Gasteiger partial charge < -0.3 is 5.11 Å². The van der Waals surface area contributed by atoms with Gasteiger partial charge in [-0.1, -0.05) is 104 Å². The Morgan fingerprint density at radius 1 is 0.640 bits per heavy atom. The van der Waals surface area contributed by atoms with E-state index in [-0.39, 0.29) is 5.78 Å². The molecule has 0 fully saturated rings. The lowest BCUT2D eigenvalue weighted by molar-refractivity contribution is -0.146. The average Bonchev–Trinajstić information content (AvgIpc) is 2.53. The zero-order chi connectivity index (χ0) is 18.9. The van der Waals surface area contributed by atoms with E-state index in [0.29, 0.717) is 6.42 Å². The molecule has 1 N–H and O–H groups in total.